The van der Waals surface area contributed by atoms with Gasteiger partial charge < -0.3 is 15.6 Å². The van der Waals surface area contributed by atoms with E-state index >= 15 is 0 Å². The molecule has 0 aliphatic carbocycles. The molecule has 0 aromatic rings. The highest BCUT2D eigenvalue weighted by molar-refractivity contribution is 5.75. The van der Waals surface area contributed by atoms with Crippen LogP contribution in [0.1, 0.15) is 13.3 Å². The van der Waals surface area contributed by atoms with E-state index in [0.29, 0.717) is 6.42 Å². The van der Waals surface area contributed by atoms with Gasteiger partial charge in [-0.15, -0.1) is 0 Å². The Morgan fingerprint density at radius 1 is 1.80 bits per heavy atom. The summed E-state index contributed by atoms with van der Waals surface area (Å²) >= 11 is 0. The lowest BCUT2D eigenvalue weighted by Crippen LogP contribution is -2.40. The first-order chi connectivity index (χ1) is 4.63. The smallest absolute Gasteiger partial charge is 0.336 e. The summed E-state index contributed by atoms with van der Waals surface area (Å²) in [5, 5.41) is 8.99. The Balaban J connectivity index is 3.81. The molecule has 0 saturated carbocycles. The van der Waals surface area contributed by atoms with Crippen LogP contribution in [-0.2, 0) is 9.53 Å². The van der Waals surface area contributed by atoms with Crippen molar-refractivity contribution in [3.8, 4) is 0 Å². The summed E-state index contributed by atoms with van der Waals surface area (Å²) in [4.78, 5) is 10.6. The number of aliphatic hydroxyl groups is 1. The highest BCUT2D eigenvalue weighted by Gasteiger charge is 2.21. The zero-order valence-electron chi connectivity index (χ0n) is 6.20. The summed E-state index contributed by atoms with van der Waals surface area (Å²) in [6.45, 7) is 1.79. The maximum Gasteiger partial charge on any atom is 0.336 e. The van der Waals surface area contributed by atoms with Crippen molar-refractivity contribution in [2.45, 2.75) is 25.5 Å². The molecule has 0 aliphatic rings. The Bertz CT molecular complexity index is 116. The lowest BCUT2D eigenvalue weighted by molar-refractivity contribution is -0.151. The number of carbonyl (C=O) groups excluding carboxylic acids is 1. The van der Waals surface area contributed by atoms with Crippen molar-refractivity contribution in [3.05, 3.63) is 0 Å². The van der Waals surface area contributed by atoms with Crippen molar-refractivity contribution in [2.24, 2.45) is 5.73 Å². The second-order valence-electron chi connectivity index (χ2n) is 2.04. The first kappa shape index (κ1) is 9.39. The van der Waals surface area contributed by atoms with Gasteiger partial charge in [0, 0.05) is 6.04 Å². The van der Waals surface area contributed by atoms with Crippen LogP contribution in [0.5, 0.6) is 0 Å². The first-order valence-electron chi connectivity index (χ1n) is 3.15. The van der Waals surface area contributed by atoms with Gasteiger partial charge in [-0.3, -0.25) is 0 Å². The maximum atomic E-state index is 10.6. The van der Waals surface area contributed by atoms with Crippen LogP contribution < -0.4 is 5.73 Å². The molecule has 0 amide bonds. The van der Waals surface area contributed by atoms with Crippen molar-refractivity contribution in [3.63, 3.8) is 0 Å². The summed E-state index contributed by atoms with van der Waals surface area (Å²) < 4.78 is 4.27. The largest absolute Gasteiger partial charge is 0.467 e. The molecule has 0 aromatic carbocycles. The SMILES string of the molecule is CC[C@H](N)[C@@H](O)C(=O)OC. The van der Waals surface area contributed by atoms with Crippen molar-refractivity contribution >= 4 is 5.97 Å². The van der Waals surface area contributed by atoms with E-state index in [-0.39, 0.29) is 0 Å². The third-order valence-electron chi connectivity index (χ3n) is 1.32. The monoisotopic (exact) mass is 147 g/mol. The lowest BCUT2D eigenvalue weighted by atomic mass is 10.1. The molecule has 0 heterocycles. The van der Waals surface area contributed by atoms with Gasteiger partial charge in [-0.25, -0.2) is 4.79 Å². The number of hydrogen-bond donors (Lipinski definition) is 2. The van der Waals surface area contributed by atoms with Crippen LogP contribution in [0.15, 0.2) is 0 Å². The molecule has 2 atom stereocenters. The van der Waals surface area contributed by atoms with Gasteiger partial charge in [0.05, 0.1) is 7.11 Å². The number of hydrogen-bond acceptors (Lipinski definition) is 4. The maximum absolute atomic E-state index is 10.6. The predicted octanol–water partition coefficient (Wildman–Crippen LogP) is -0.742. The Morgan fingerprint density at radius 3 is 2.60 bits per heavy atom. The number of nitrogens with two attached hydrogens (primary N) is 1. The number of ether oxygens (including phenoxy) is 1. The zero-order chi connectivity index (χ0) is 8.15. The molecule has 3 N–H and O–H groups in total. The molecule has 60 valence electrons. The molecule has 0 aromatic heterocycles. The highest BCUT2D eigenvalue weighted by Crippen LogP contribution is 1.96. The number of esters is 1. The fourth-order valence-corrected chi connectivity index (χ4v) is 0.519. The van der Waals surface area contributed by atoms with E-state index in [1.807, 2.05) is 0 Å². The van der Waals surface area contributed by atoms with Gasteiger partial charge in [0.25, 0.3) is 0 Å². The minimum absolute atomic E-state index is 0.521. The molecule has 0 aliphatic heterocycles. The van der Waals surface area contributed by atoms with Gasteiger partial charge in [-0.2, -0.15) is 0 Å². The average molecular weight is 147 g/mol. The van der Waals surface area contributed by atoms with Gasteiger partial charge >= 0.3 is 5.97 Å². The normalized spacial score (nSPS) is 16.0. The molecule has 0 spiro atoms. The molecule has 0 unspecified atom stereocenters. The third-order valence-corrected chi connectivity index (χ3v) is 1.32. The molecular weight excluding hydrogens is 134 g/mol. The highest BCUT2D eigenvalue weighted by atomic mass is 16.5. The summed E-state index contributed by atoms with van der Waals surface area (Å²) in [7, 11) is 1.22. The Morgan fingerprint density at radius 2 is 2.30 bits per heavy atom. The summed E-state index contributed by atoms with van der Waals surface area (Å²) in [6.07, 6.45) is -0.633. The predicted molar refractivity (Wildman–Crippen MR) is 36.3 cm³/mol. The molecule has 0 saturated heterocycles. The molecule has 0 rings (SSSR count). The van der Waals surface area contributed by atoms with Gasteiger partial charge in [-0.1, -0.05) is 6.92 Å². The first-order valence-corrected chi connectivity index (χ1v) is 3.15. The van der Waals surface area contributed by atoms with Gasteiger partial charge in [0.2, 0.25) is 0 Å². The molecule has 4 nitrogen and oxygen atoms in total. The summed E-state index contributed by atoms with van der Waals surface area (Å²) in [6, 6.07) is -0.521. The van der Waals surface area contributed by atoms with Crippen LogP contribution in [0.3, 0.4) is 0 Å². The molecule has 4 heteroatoms. The van der Waals surface area contributed by atoms with Crippen molar-refractivity contribution in [1.82, 2.24) is 0 Å². The molecule has 10 heavy (non-hydrogen) atoms. The molecular formula is C6H13NO3. The van der Waals surface area contributed by atoms with E-state index in [4.69, 9.17) is 10.8 Å². The van der Waals surface area contributed by atoms with Crippen LogP contribution in [0.4, 0.5) is 0 Å². The van der Waals surface area contributed by atoms with Crippen LogP contribution in [-0.4, -0.2) is 30.3 Å². The van der Waals surface area contributed by atoms with Crippen LogP contribution >= 0.6 is 0 Å². The number of rotatable bonds is 3. The van der Waals surface area contributed by atoms with Crippen LogP contribution in [0.25, 0.3) is 0 Å². The Hall–Kier alpha value is -0.610. The number of methoxy groups -OCH3 is 1. The van der Waals surface area contributed by atoms with Crippen LogP contribution in [0.2, 0.25) is 0 Å². The van der Waals surface area contributed by atoms with Gasteiger partial charge in [-0.05, 0) is 6.42 Å². The lowest BCUT2D eigenvalue weighted by Gasteiger charge is -2.13. The molecule has 0 fully saturated rings. The number of carbonyl (C=O) groups is 1. The van der Waals surface area contributed by atoms with Gasteiger partial charge in [0.15, 0.2) is 6.10 Å². The van der Waals surface area contributed by atoms with E-state index in [9.17, 15) is 4.79 Å². The molecule has 0 radical (unpaired) electrons. The van der Waals surface area contributed by atoms with Crippen LogP contribution in [0, 0.1) is 0 Å². The Kier molecular flexibility index (Phi) is 3.99. The van der Waals surface area contributed by atoms with E-state index in [1.165, 1.54) is 7.11 Å². The fourth-order valence-electron chi connectivity index (χ4n) is 0.519. The average Bonchev–Trinajstić information content (AvgIpc) is 2.00. The van der Waals surface area contributed by atoms with Gasteiger partial charge in [0.1, 0.15) is 0 Å². The van der Waals surface area contributed by atoms with E-state index < -0.39 is 18.1 Å². The standard InChI is InChI=1S/C6H13NO3/c1-3-4(7)5(8)6(9)10-2/h4-5,8H,3,7H2,1-2H3/t4-,5+/m0/s1. The number of aliphatic hydroxyl groups excluding tert-OH is 1. The van der Waals surface area contributed by atoms with Crippen molar-refractivity contribution in [1.29, 1.82) is 0 Å². The topological polar surface area (TPSA) is 72.5 Å². The van der Waals surface area contributed by atoms with E-state index in [0.717, 1.165) is 0 Å². The fraction of sp³-hybridized carbons (Fsp3) is 0.833. The Labute approximate surface area is 60.0 Å². The quantitative estimate of drug-likeness (QED) is 0.515. The van der Waals surface area contributed by atoms with Crippen molar-refractivity contribution in [2.75, 3.05) is 7.11 Å². The minimum atomic E-state index is -1.19. The second-order valence-corrected chi connectivity index (χ2v) is 2.04. The minimum Gasteiger partial charge on any atom is -0.467 e. The van der Waals surface area contributed by atoms with Crippen molar-refractivity contribution < 1.29 is 14.6 Å². The van der Waals surface area contributed by atoms with E-state index in [1.54, 1.807) is 6.92 Å². The summed E-state index contributed by atoms with van der Waals surface area (Å²) in [5.74, 6) is -0.672. The summed E-state index contributed by atoms with van der Waals surface area (Å²) in [5.41, 5.74) is 5.34. The van der Waals surface area contributed by atoms with E-state index in [2.05, 4.69) is 4.74 Å². The molecule has 0 bridgehead atoms. The second kappa shape index (κ2) is 4.24. The zero-order valence-corrected chi connectivity index (χ0v) is 6.20. The third kappa shape index (κ3) is 2.33.